The fraction of sp³-hybridized carbons (Fsp3) is 0.231. The first-order valence-corrected chi connectivity index (χ1v) is 11.2. The zero-order chi connectivity index (χ0) is 23.0. The summed E-state index contributed by atoms with van der Waals surface area (Å²) in [5.41, 5.74) is 6.10. The number of hydrogen-bond acceptors (Lipinski definition) is 4. The van der Waals surface area contributed by atoms with Crippen LogP contribution in [0.15, 0.2) is 72.8 Å². The molecule has 0 aliphatic heterocycles. The molecule has 0 bridgehead atoms. The van der Waals surface area contributed by atoms with E-state index in [1.165, 1.54) is 0 Å². The van der Waals surface area contributed by atoms with Crippen molar-refractivity contribution in [2.45, 2.75) is 33.2 Å². The Labute approximate surface area is 193 Å². The van der Waals surface area contributed by atoms with Gasteiger partial charge in [0.25, 0.3) is 0 Å². The maximum atomic E-state index is 13.0. The quantitative estimate of drug-likeness (QED) is 0.369. The molecule has 0 saturated carbocycles. The number of nitrogens with zero attached hydrogens (tertiary/aromatic N) is 4. The van der Waals surface area contributed by atoms with Gasteiger partial charge in [-0.15, -0.1) is 5.10 Å². The second-order valence-corrected chi connectivity index (χ2v) is 8.06. The zero-order valence-corrected chi connectivity index (χ0v) is 19.0. The largest absolute Gasteiger partial charge is 0.322 e. The van der Waals surface area contributed by atoms with Crippen LogP contribution in [-0.2, 0) is 6.54 Å². The number of rotatable bonds is 8. The van der Waals surface area contributed by atoms with Crippen LogP contribution in [0.3, 0.4) is 0 Å². The highest BCUT2D eigenvalue weighted by atomic mass is 16.2. The van der Waals surface area contributed by atoms with Crippen LogP contribution in [0.25, 0.3) is 22.5 Å². The first kappa shape index (κ1) is 22.2. The molecule has 1 aromatic heterocycles. The maximum absolute atomic E-state index is 13.0. The Balaban J connectivity index is 1.50. The third kappa shape index (κ3) is 5.63. The summed E-state index contributed by atoms with van der Waals surface area (Å²) < 4.78 is 0. The first-order valence-electron chi connectivity index (χ1n) is 11.2. The van der Waals surface area contributed by atoms with E-state index in [0.29, 0.717) is 18.9 Å². The highest BCUT2D eigenvalue weighted by Gasteiger charge is 2.15. The van der Waals surface area contributed by atoms with Gasteiger partial charge in [-0.1, -0.05) is 79.6 Å². The fourth-order valence-corrected chi connectivity index (χ4v) is 3.67. The van der Waals surface area contributed by atoms with E-state index in [4.69, 9.17) is 0 Å². The summed E-state index contributed by atoms with van der Waals surface area (Å²) in [6.45, 7) is 5.42. The molecule has 1 heterocycles. The minimum absolute atomic E-state index is 0.0838. The molecule has 33 heavy (non-hydrogen) atoms. The molecule has 0 atom stereocenters. The molecule has 0 fully saturated rings. The third-order valence-corrected chi connectivity index (χ3v) is 5.54. The van der Waals surface area contributed by atoms with Crippen LogP contribution in [-0.4, -0.2) is 38.1 Å². The predicted octanol–water partition coefficient (Wildman–Crippen LogP) is 5.68. The van der Waals surface area contributed by atoms with E-state index in [1.807, 2.05) is 54.3 Å². The van der Waals surface area contributed by atoms with E-state index in [0.717, 1.165) is 46.3 Å². The second-order valence-electron chi connectivity index (χ2n) is 8.06. The van der Waals surface area contributed by atoms with Crippen molar-refractivity contribution >= 4 is 11.7 Å². The number of carbonyl (C=O) groups is 1. The smallest absolute Gasteiger partial charge is 0.320 e. The highest BCUT2D eigenvalue weighted by molar-refractivity contribution is 5.89. The van der Waals surface area contributed by atoms with Gasteiger partial charge >= 0.3 is 6.03 Å². The molecule has 7 heteroatoms. The van der Waals surface area contributed by atoms with Crippen molar-refractivity contribution in [1.29, 1.82) is 0 Å². The van der Waals surface area contributed by atoms with Crippen LogP contribution in [0.1, 0.15) is 30.9 Å². The van der Waals surface area contributed by atoms with Gasteiger partial charge < -0.3 is 10.2 Å². The van der Waals surface area contributed by atoms with Gasteiger partial charge in [0.05, 0.1) is 0 Å². The van der Waals surface area contributed by atoms with Crippen molar-refractivity contribution in [2.75, 3.05) is 11.9 Å². The summed E-state index contributed by atoms with van der Waals surface area (Å²) in [7, 11) is 0. The lowest BCUT2D eigenvalue weighted by atomic mass is 9.98. The van der Waals surface area contributed by atoms with Crippen molar-refractivity contribution in [3.05, 3.63) is 83.9 Å². The van der Waals surface area contributed by atoms with Crippen molar-refractivity contribution in [2.24, 2.45) is 0 Å². The van der Waals surface area contributed by atoms with E-state index in [1.54, 1.807) is 0 Å². The summed E-state index contributed by atoms with van der Waals surface area (Å²) in [5.74, 6) is 0.633. The van der Waals surface area contributed by atoms with Crippen LogP contribution >= 0.6 is 0 Å². The van der Waals surface area contributed by atoms with Gasteiger partial charge in [-0.3, -0.25) is 0 Å². The Morgan fingerprint density at radius 3 is 2.36 bits per heavy atom. The summed E-state index contributed by atoms with van der Waals surface area (Å²) in [6.07, 6.45) is 1.98. The molecule has 4 rings (SSSR count). The molecule has 2 N–H and O–H groups in total. The number of anilines is 1. The van der Waals surface area contributed by atoms with E-state index in [-0.39, 0.29) is 6.03 Å². The van der Waals surface area contributed by atoms with Gasteiger partial charge in [-0.05, 0) is 52.6 Å². The van der Waals surface area contributed by atoms with Crippen LogP contribution in [0.5, 0.6) is 0 Å². The lowest BCUT2D eigenvalue weighted by Gasteiger charge is -2.23. The van der Waals surface area contributed by atoms with E-state index < -0.39 is 0 Å². The summed E-state index contributed by atoms with van der Waals surface area (Å²) in [6, 6.07) is 24.1. The third-order valence-electron chi connectivity index (χ3n) is 5.54. The van der Waals surface area contributed by atoms with Gasteiger partial charge in [0.15, 0.2) is 5.82 Å². The number of tetrazole rings is 1. The van der Waals surface area contributed by atoms with Gasteiger partial charge in [-0.2, -0.15) is 0 Å². The Kier molecular flexibility index (Phi) is 7.09. The molecule has 3 aromatic carbocycles. The molecule has 168 valence electrons. The number of nitrogens with one attached hydrogen (secondary N) is 2. The number of aryl methyl sites for hydroxylation is 1. The summed E-state index contributed by atoms with van der Waals surface area (Å²) in [5, 5.41) is 17.3. The monoisotopic (exact) mass is 440 g/mol. The molecule has 0 aliphatic carbocycles. The van der Waals surface area contributed by atoms with Gasteiger partial charge in [0.1, 0.15) is 0 Å². The Hall–Kier alpha value is -4.00. The maximum Gasteiger partial charge on any atom is 0.322 e. The molecule has 0 unspecified atom stereocenters. The minimum atomic E-state index is -0.0838. The normalized spacial score (nSPS) is 10.7. The number of unbranched alkanes of at least 4 members (excludes halogenated alkanes) is 1. The Bertz CT molecular complexity index is 1170. The fourth-order valence-electron chi connectivity index (χ4n) is 3.67. The first-order chi connectivity index (χ1) is 16.1. The Morgan fingerprint density at radius 1 is 0.970 bits per heavy atom. The summed E-state index contributed by atoms with van der Waals surface area (Å²) >= 11 is 0. The topological polar surface area (TPSA) is 86.8 Å². The number of amides is 2. The number of benzene rings is 3. The highest BCUT2D eigenvalue weighted by Crippen LogP contribution is 2.29. The average Bonchev–Trinajstić information content (AvgIpc) is 3.38. The average molecular weight is 441 g/mol. The van der Waals surface area contributed by atoms with Gasteiger partial charge in [0, 0.05) is 24.3 Å². The van der Waals surface area contributed by atoms with E-state index >= 15 is 0 Å². The van der Waals surface area contributed by atoms with E-state index in [9.17, 15) is 4.79 Å². The molecule has 4 aromatic rings. The molecular formula is C26H28N6O. The lowest BCUT2D eigenvalue weighted by Crippen LogP contribution is -2.35. The minimum Gasteiger partial charge on any atom is -0.320 e. The van der Waals surface area contributed by atoms with Crippen LogP contribution in [0.2, 0.25) is 0 Å². The predicted molar refractivity (Wildman–Crippen MR) is 131 cm³/mol. The number of H-pyrrole nitrogens is 1. The molecule has 7 nitrogen and oxygen atoms in total. The van der Waals surface area contributed by atoms with Gasteiger partial charge in [-0.25, -0.2) is 9.89 Å². The summed E-state index contributed by atoms with van der Waals surface area (Å²) in [4.78, 5) is 14.8. The SMILES string of the molecule is CCCCN(Cc1ccc(-c2ccccc2-c2nnn[nH]2)cc1)C(=O)Nc1ccc(C)cc1. The van der Waals surface area contributed by atoms with Crippen molar-refractivity contribution < 1.29 is 4.79 Å². The molecular weight excluding hydrogens is 412 g/mol. The van der Waals surface area contributed by atoms with Crippen molar-refractivity contribution in [3.8, 4) is 22.5 Å². The van der Waals surface area contributed by atoms with Crippen LogP contribution in [0, 0.1) is 6.92 Å². The van der Waals surface area contributed by atoms with Crippen LogP contribution in [0.4, 0.5) is 10.5 Å². The Morgan fingerprint density at radius 2 is 1.70 bits per heavy atom. The standard InChI is InChI=1S/C26H28N6O/c1-3-4-17-32(26(33)27-22-15-9-19(2)10-16-22)18-20-11-13-21(14-12-20)23-7-5-6-8-24(23)25-28-30-31-29-25/h5-16H,3-4,17-18H2,1-2H3,(H,27,33)(H,28,29,30,31). The second kappa shape index (κ2) is 10.5. The van der Waals surface area contributed by atoms with Gasteiger partial charge in [0.2, 0.25) is 0 Å². The molecule has 2 amide bonds. The number of hydrogen-bond donors (Lipinski definition) is 2. The molecule has 0 aliphatic rings. The number of aromatic nitrogens is 4. The molecule has 0 saturated heterocycles. The lowest BCUT2D eigenvalue weighted by molar-refractivity contribution is 0.208. The van der Waals surface area contributed by atoms with Crippen LogP contribution < -0.4 is 5.32 Å². The van der Waals surface area contributed by atoms with E-state index in [2.05, 4.69) is 63.2 Å². The number of carbonyl (C=O) groups excluding carboxylic acids is 1. The molecule has 0 radical (unpaired) electrons. The zero-order valence-electron chi connectivity index (χ0n) is 19.0. The number of urea groups is 1. The van der Waals surface area contributed by atoms with Crippen molar-refractivity contribution in [1.82, 2.24) is 25.5 Å². The van der Waals surface area contributed by atoms with Crippen molar-refractivity contribution in [3.63, 3.8) is 0 Å². The number of aromatic amines is 1. The molecule has 0 spiro atoms.